The van der Waals surface area contributed by atoms with Crippen molar-refractivity contribution in [1.29, 1.82) is 0 Å². The van der Waals surface area contributed by atoms with Crippen LogP contribution in [0.15, 0.2) is 30.3 Å². The second-order valence-electron chi connectivity index (χ2n) is 6.36. The minimum atomic E-state index is -0.283. The van der Waals surface area contributed by atoms with E-state index in [-0.39, 0.29) is 12.0 Å². The topological polar surface area (TPSA) is 55.8 Å². The van der Waals surface area contributed by atoms with E-state index in [9.17, 15) is 9.90 Å². The van der Waals surface area contributed by atoms with Gasteiger partial charge in [-0.2, -0.15) is 0 Å². The molecule has 1 fully saturated rings. The van der Waals surface area contributed by atoms with Crippen molar-refractivity contribution in [2.75, 3.05) is 45.8 Å². The zero-order chi connectivity index (χ0) is 16.5. The number of hydrogen-bond donors (Lipinski definition) is 2. The lowest BCUT2D eigenvalue weighted by atomic mass is 10.1. The Balaban J connectivity index is 1.55. The molecule has 1 aromatic carbocycles. The van der Waals surface area contributed by atoms with E-state index < -0.39 is 0 Å². The zero-order valence-corrected chi connectivity index (χ0v) is 14.1. The summed E-state index contributed by atoms with van der Waals surface area (Å²) in [7, 11) is 0. The molecule has 5 nitrogen and oxygen atoms in total. The minimum Gasteiger partial charge on any atom is -0.392 e. The SMILES string of the molecule is C[C@H](O)CN1CCN(CC(=O)NCCCc2ccccc2)CC1. The quantitative estimate of drug-likeness (QED) is 0.694. The molecule has 0 aromatic heterocycles. The summed E-state index contributed by atoms with van der Waals surface area (Å²) in [6.45, 7) is 7.38. The van der Waals surface area contributed by atoms with E-state index in [0.717, 1.165) is 52.1 Å². The van der Waals surface area contributed by atoms with Crippen molar-refractivity contribution in [3.63, 3.8) is 0 Å². The molecule has 128 valence electrons. The molecule has 0 aliphatic carbocycles. The Morgan fingerprint density at radius 1 is 1.17 bits per heavy atom. The second-order valence-corrected chi connectivity index (χ2v) is 6.36. The van der Waals surface area contributed by atoms with Gasteiger partial charge in [-0.25, -0.2) is 0 Å². The van der Waals surface area contributed by atoms with Gasteiger partial charge in [-0.05, 0) is 25.3 Å². The van der Waals surface area contributed by atoms with Crippen LogP contribution in [0, 0.1) is 0 Å². The number of β-amino-alcohol motifs (C(OH)–C–C–N with tert-alkyl or cyclic N) is 1. The highest BCUT2D eigenvalue weighted by atomic mass is 16.3. The number of amides is 1. The molecular weight excluding hydrogens is 290 g/mol. The number of rotatable bonds is 8. The van der Waals surface area contributed by atoms with Gasteiger partial charge < -0.3 is 10.4 Å². The molecule has 1 aliphatic heterocycles. The highest BCUT2D eigenvalue weighted by Gasteiger charge is 2.19. The van der Waals surface area contributed by atoms with Gasteiger partial charge >= 0.3 is 0 Å². The van der Waals surface area contributed by atoms with Gasteiger partial charge in [0.2, 0.25) is 5.91 Å². The first-order valence-corrected chi connectivity index (χ1v) is 8.57. The van der Waals surface area contributed by atoms with Crippen molar-refractivity contribution in [1.82, 2.24) is 15.1 Å². The maximum absolute atomic E-state index is 12.0. The molecular formula is C18H29N3O2. The molecule has 0 radical (unpaired) electrons. The number of aliphatic hydroxyl groups excluding tert-OH is 1. The molecule has 1 aliphatic rings. The summed E-state index contributed by atoms with van der Waals surface area (Å²) in [5, 5.41) is 12.4. The molecule has 0 spiro atoms. The van der Waals surface area contributed by atoms with E-state index in [2.05, 4.69) is 27.2 Å². The van der Waals surface area contributed by atoms with Crippen LogP contribution in [0.3, 0.4) is 0 Å². The fourth-order valence-electron chi connectivity index (χ4n) is 2.93. The van der Waals surface area contributed by atoms with Crippen LogP contribution in [-0.4, -0.2) is 72.7 Å². The highest BCUT2D eigenvalue weighted by Crippen LogP contribution is 2.03. The molecule has 0 saturated carbocycles. The van der Waals surface area contributed by atoms with Crippen molar-refractivity contribution < 1.29 is 9.90 Å². The Morgan fingerprint density at radius 3 is 2.48 bits per heavy atom. The number of hydrogen-bond acceptors (Lipinski definition) is 4. The molecule has 1 amide bonds. The first-order valence-electron chi connectivity index (χ1n) is 8.57. The molecule has 0 bridgehead atoms. The third kappa shape index (κ3) is 7.12. The van der Waals surface area contributed by atoms with Crippen molar-refractivity contribution in [2.45, 2.75) is 25.9 Å². The van der Waals surface area contributed by atoms with Gasteiger partial charge in [0.1, 0.15) is 0 Å². The maximum Gasteiger partial charge on any atom is 0.234 e. The van der Waals surface area contributed by atoms with E-state index in [0.29, 0.717) is 6.54 Å². The number of carbonyl (C=O) groups is 1. The largest absolute Gasteiger partial charge is 0.392 e. The summed E-state index contributed by atoms with van der Waals surface area (Å²) < 4.78 is 0. The van der Waals surface area contributed by atoms with E-state index in [1.807, 2.05) is 25.1 Å². The van der Waals surface area contributed by atoms with Gasteiger partial charge in [0.05, 0.1) is 12.6 Å². The standard InChI is InChI=1S/C18H29N3O2/c1-16(22)14-20-10-12-21(13-11-20)15-18(23)19-9-5-8-17-6-3-2-4-7-17/h2-4,6-7,16,22H,5,8-15H2,1H3,(H,19,23)/t16-/m0/s1. The average Bonchev–Trinajstić information content (AvgIpc) is 2.54. The van der Waals surface area contributed by atoms with Crippen LogP contribution < -0.4 is 5.32 Å². The third-order valence-electron chi connectivity index (χ3n) is 4.16. The number of carbonyl (C=O) groups excluding carboxylic acids is 1. The van der Waals surface area contributed by atoms with Crippen LogP contribution in [0.2, 0.25) is 0 Å². The summed E-state index contributed by atoms with van der Waals surface area (Å²) in [5.41, 5.74) is 1.32. The maximum atomic E-state index is 12.0. The number of aliphatic hydroxyl groups is 1. The summed E-state index contributed by atoms with van der Waals surface area (Å²) in [6.07, 6.45) is 1.69. The summed E-state index contributed by atoms with van der Waals surface area (Å²) in [5.74, 6) is 0.113. The van der Waals surface area contributed by atoms with Gasteiger partial charge in [-0.15, -0.1) is 0 Å². The van der Waals surface area contributed by atoms with E-state index in [1.165, 1.54) is 5.56 Å². The monoisotopic (exact) mass is 319 g/mol. The van der Waals surface area contributed by atoms with Gasteiger partial charge in [-0.3, -0.25) is 14.6 Å². The van der Waals surface area contributed by atoms with Crippen molar-refractivity contribution >= 4 is 5.91 Å². The first-order chi connectivity index (χ1) is 11.1. The Labute approximate surface area is 139 Å². The number of nitrogens with zero attached hydrogens (tertiary/aromatic N) is 2. The van der Waals surface area contributed by atoms with Crippen LogP contribution in [0.5, 0.6) is 0 Å². The Hall–Kier alpha value is -1.43. The van der Waals surface area contributed by atoms with Crippen molar-refractivity contribution in [3.8, 4) is 0 Å². The lowest BCUT2D eigenvalue weighted by Crippen LogP contribution is -2.50. The average molecular weight is 319 g/mol. The first kappa shape index (κ1) is 17.9. The third-order valence-corrected chi connectivity index (χ3v) is 4.16. The molecule has 1 heterocycles. The van der Waals surface area contributed by atoms with E-state index in [1.54, 1.807) is 0 Å². The van der Waals surface area contributed by atoms with Crippen LogP contribution >= 0.6 is 0 Å². The molecule has 2 N–H and O–H groups in total. The van der Waals surface area contributed by atoms with Crippen LogP contribution in [-0.2, 0) is 11.2 Å². The predicted molar refractivity (Wildman–Crippen MR) is 92.3 cm³/mol. The number of benzene rings is 1. The van der Waals surface area contributed by atoms with Crippen LogP contribution in [0.1, 0.15) is 18.9 Å². The van der Waals surface area contributed by atoms with Crippen LogP contribution in [0.4, 0.5) is 0 Å². The number of piperazine rings is 1. The molecule has 1 saturated heterocycles. The lowest BCUT2D eigenvalue weighted by molar-refractivity contribution is -0.122. The van der Waals surface area contributed by atoms with Crippen LogP contribution in [0.25, 0.3) is 0 Å². The fraction of sp³-hybridized carbons (Fsp3) is 0.611. The molecule has 2 rings (SSSR count). The van der Waals surface area contributed by atoms with E-state index >= 15 is 0 Å². The minimum absolute atomic E-state index is 0.113. The summed E-state index contributed by atoms with van der Waals surface area (Å²) >= 11 is 0. The molecule has 1 atom stereocenters. The van der Waals surface area contributed by atoms with Gasteiger partial charge in [0, 0.05) is 39.3 Å². The Bertz CT molecular complexity index is 457. The zero-order valence-electron chi connectivity index (χ0n) is 14.1. The van der Waals surface area contributed by atoms with Gasteiger partial charge in [0.25, 0.3) is 0 Å². The summed E-state index contributed by atoms with van der Waals surface area (Å²) in [4.78, 5) is 16.4. The molecule has 23 heavy (non-hydrogen) atoms. The predicted octanol–water partition coefficient (Wildman–Crippen LogP) is 0.734. The molecule has 5 heteroatoms. The highest BCUT2D eigenvalue weighted by molar-refractivity contribution is 5.77. The smallest absolute Gasteiger partial charge is 0.234 e. The van der Waals surface area contributed by atoms with Gasteiger partial charge in [-0.1, -0.05) is 30.3 Å². The number of nitrogens with one attached hydrogen (secondary N) is 1. The van der Waals surface area contributed by atoms with Crippen molar-refractivity contribution in [3.05, 3.63) is 35.9 Å². The Kier molecular flexibility index (Phi) is 7.52. The van der Waals surface area contributed by atoms with E-state index in [4.69, 9.17) is 0 Å². The molecule has 0 unspecified atom stereocenters. The second kappa shape index (κ2) is 9.65. The Morgan fingerprint density at radius 2 is 1.83 bits per heavy atom. The normalized spacial score (nSPS) is 17.8. The van der Waals surface area contributed by atoms with Crippen molar-refractivity contribution in [2.24, 2.45) is 0 Å². The summed E-state index contributed by atoms with van der Waals surface area (Å²) in [6, 6.07) is 10.4. The lowest BCUT2D eigenvalue weighted by Gasteiger charge is -2.34. The number of aryl methyl sites for hydroxylation is 1. The fourth-order valence-corrected chi connectivity index (χ4v) is 2.93. The van der Waals surface area contributed by atoms with Gasteiger partial charge in [0.15, 0.2) is 0 Å². The molecule has 1 aromatic rings.